The molecule has 0 atom stereocenters. The average molecular weight is 339 g/mol. The maximum atomic E-state index is 10.8. The number of carboxylic acids is 1. The van der Waals surface area contributed by atoms with Crippen LogP contribution in [0.3, 0.4) is 0 Å². The number of rotatable bonds is 5. The molecule has 1 N–H and O–H groups in total. The van der Waals surface area contributed by atoms with Gasteiger partial charge in [-0.2, -0.15) is 0 Å². The second-order valence-electron chi connectivity index (χ2n) is 6.62. The Morgan fingerprint density at radius 1 is 1.12 bits per heavy atom. The summed E-state index contributed by atoms with van der Waals surface area (Å²) in [6.45, 7) is 4.20. The summed E-state index contributed by atoms with van der Waals surface area (Å²) in [5.41, 5.74) is 3.01. The van der Waals surface area contributed by atoms with Crippen LogP contribution in [-0.2, 0) is 11.2 Å². The standard InChI is InChI=1S/C20H25N3O2/c1-22-11-4-12-23(14-13-22)19-8-3-7-18(21-19)17-6-2-5-16(15-17)9-10-20(24)25/h2-3,5-8,15H,4,9-14H2,1H3,(H,24,25). The van der Waals surface area contributed by atoms with Crippen LogP contribution in [0.15, 0.2) is 42.5 Å². The van der Waals surface area contributed by atoms with Crippen LogP contribution in [-0.4, -0.2) is 54.2 Å². The second-order valence-corrected chi connectivity index (χ2v) is 6.62. The van der Waals surface area contributed by atoms with Crippen molar-refractivity contribution in [2.75, 3.05) is 38.1 Å². The first-order chi connectivity index (χ1) is 12.1. The third-order valence-corrected chi connectivity index (χ3v) is 4.63. The summed E-state index contributed by atoms with van der Waals surface area (Å²) in [6.07, 6.45) is 1.84. The molecule has 3 rings (SSSR count). The quantitative estimate of drug-likeness (QED) is 0.908. The van der Waals surface area contributed by atoms with Crippen molar-refractivity contribution < 1.29 is 9.90 Å². The van der Waals surface area contributed by atoms with Gasteiger partial charge >= 0.3 is 5.97 Å². The Morgan fingerprint density at radius 3 is 2.80 bits per heavy atom. The normalized spacial score (nSPS) is 15.8. The molecule has 2 aromatic rings. The molecule has 1 saturated heterocycles. The van der Waals surface area contributed by atoms with E-state index in [1.54, 1.807) is 0 Å². The van der Waals surface area contributed by atoms with Crippen LogP contribution in [0.4, 0.5) is 5.82 Å². The summed E-state index contributed by atoms with van der Waals surface area (Å²) in [6, 6.07) is 14.2. The fraction of sp³-hybridized carbons (Fsp3) is 0.400. The molecule has 0 amide bonds. The fourth-order valence-corrected chi connectivity index (χ4v) is 3.17. The van der Waals surface area contributed by atoms with Crippen LogP contribution in [0, 0.1) is 0 Å². The molecule has 0 spiro atoms. The van der Waals surface area contributed by atoms with E-state index in [-0.39, 0.29) is 6.42 Å². The van der Waals surface area contributed by atoms with Crippen molar-refractivity contribution in [2.45, 2.75) is 19.3 Å². The highest BCUT2D eigenvalue weighted by molar-refractivity contribution is 5.67. The molecule has 1 aliphatic rings. The van der Waals surface area contributed by atoms with Gasteiger partial charge in [0.15, 0.2) is 0 Å². The number of likely N-dealkylation sites (N-methyl/N-ethyl adjacent to an activating group) is 1. The number of aromatic nitrogens is 1. The lowest BCUT2D eigenvalue weighted by molar-refractivity contribution is -0.136. The second kappa shape index (κ2) is 8.12. The fourth-order valence-electron chi connectivity index (χ4n) is 3.17. The van der Waals surface area contributed by atoms with Crippen molar-refractivity contribution in [3.05, 3.63) is 48.0 Å². The SMILES string of the molecule is CN1CCCN(c2cccc(-c3cccc(CCC(=O)O)c3)n2)CC1. The van der Waals surface area contributed by atoms with Gasteiger partial charge in [0.25, 0.3) is 0 Å². The molecule has 132 valence electrons. The van der Waals surface area contributed by atoms with Crippen LogP contribution < -0.4 is 4.90 Å². The van der Waals surface area contributed by atoms with E-state index in [0.717, 1.165) is 55.2 Å². The largest absolute Gasteiger partial charge is 0.481 e. The molecule has 1 fully saturated rings. The van der Waals surface area contributed by atoms with Crippen molar-refractivity contribution >= 4 is 11.8 Å². The van der Waals surface area contributed by atoms with Gasteiger partial charge in [-0.3, -0.25) is 4.79 Å². The first kappa shape index (κ1) is 17.4. The Labute approximate surface area is 148 Å². The summed E-state index contributed by atoms with van der Waals surface area (Å²) in [5, 5.41) is 8.86. The molecule has 0 saturated carbocycles. The van der Waals surface area contributed by atoms with Gasteiger partial charge < -0.3 is 14.9 Å². The van der Waals surface area contributed by atoms with Crippen LogP contribution in [0.25, 0.3) is 11.3 Å². The molecule has 1 aliphatic heterocycles. The minimum Gasteiger partial charge on any atom is -0.481 e. The molecule has 2 heterocycles. The molecule has 0 unspecified atom stereocenters. The maximum Gasteiger partial charge on any atom is 0.303 e. The van der Waals surface area contributed by atoms with Gasteiger partial charge in [0, 0.05) is 31.6 Å². The molecule has 25 heavy (non-hydrogen) atoms. The van der Waals surface area contributed by atoms with Crippen molar-refractivity contribution in [1.29, 1.82) is 0 Å². The summed E-state index contributed by atoms with van der Waals surface area (Å²) < 4.78 is 0. The molecule has 5 heteroatoms. The Hall–Kier alpha value is -2.40. The highest BCUT2D eigenvalue weighted by Gasteiger charge is 2.14. The molecule has 1 aromatic carbocycles. The van der Waals surface area contributed by atoms with Gasteiger partial charge in [0.05, 0.1) is 5.69 Å². The van der Waals surface area contributed by atoms with E-state index >= 15 is 0 Å². The van der Waals surface area contributed by atoms with Crippen molar-refractivity contribution in [3.63, 3.8) is 0 Å². The van der Waals surface area contributed by atoms with Gasteiger partial charge in [-0.05, 0) is 50.2 Å². The third-order valence-electron chi connectivity index (χ3n) is 4.63. The Bertz CT molecular complexity index is 732. The van der Waals surface area contributed by atoms with Gasteiger partial charge in [-0.25, -0.2) is 4.98 Å². The third kappa shape index (κ3) is 4.79. The number of aliphatic carboxylic acids is 1. The number of pyridine rings is 1. The number of anilines is 1. The number of nitrogens with zero attached hydrogens (tertiary/aromatic N) is 3. The monoisotopic (exact) mass is 339 g/mol. The highest BCUT2D eigenvalue weighted by atomic mass is 16.4. The van der Waals surface area contributed by atoms with Crippen molar-refractivity contribution in [2.24, 2.45) is 0 Å². The molecule has 1 aromatic heterocycles. The number of benzene rings is 1. The molecule has 0 aliphatic carbocycles. The maximum absolute atomic E-state index is 10.8. The Balaban J connectivity index is 1.79. The molecular weight excluding hydrogens is 314 g/mol. The first-order valence-corrected chi connectivity index (χ1v) is 8.83. The Morgan fingerprint density at radius 2 is 1.96 bits per heavy atom. The van der Waals surface area contributed by atoms with E-state index in [9.17, 15) is 4.79 Å². The number of carbonyl (C=O) groups is 1. The molecular formula is C20H25N3O2. The molecule has 5 nitrogen and oxygen atoms in total. The summed E-state index contributed by atoms with van der Waals surface area (Å²) >= 11 is 0. The Kier molecular flexibility index (Phi) is 5.66. The predicted octanol–water partition coefficient (Wildman–Crippen LogP) is 2.91. The number of hydrogen-bond acceptors (Lipinski definition) is 4. The topological polar surface area (TPSA) is 56.7 Å². The predicted molar refractivity (Wildman–Crippen MR) is 100.0 cm³/mol. The van der Waals surface area contributed by atoms with Crippen LogP contribution in [0.2, 0.25) is 0 Å². The van der Waals surface area contributed by atoms with Gasteiger partial charge in [-0.15, -0.1) is 0 Å². The lowest BCUT2D eigenvalue weighted by atomic mass is 10.0. The number of hydrogen-bond donors (Lipinski definition) is 1. The molecule has 0 bridgehead atoms. The lowest BCUT2D eigenvalue weighted by Gasteiger charge is -2.22. The van der Waals surface area contributed by atoms with E-state index in [0.29, 0.717) is 6.42 Å². The highest BCUT2D eigenvalue weighted by Crippen LogP contribution is 2.23. The number of carboxylic acid groups (broad SMARTS) is 1. The van der Waals surface area contributed by atoms with Crippen molar-refractivity contribution in [1.82, 2.24) is 9.88 Å². The summed E-state index contributed by atoms with van der Waals surface area (Å²) in [5.74, 6) is 0.250. The van der Waals surface area contributed by atoms with Gasteiger partial charge in [0.2, 0.25) is 0 Å². The molecule has 0 radical (unpaired) electrons. The minimum atomic E-state index is -0.767. The zero-order valence-corrected chi connectivity index (χ0v) is 14.7. The lowest BCUT2D eigenvalue weighted by Crippen LogP contribution is -2.29. The van der Waals surface area contributed by atoms with Crippen LogP contribution >= 0.6 is 0 Å². The van der Waals surface area contributed by atoms with E-state index in [4.69, 9.17) is 10.1 Å². The summed E-state index contributed by atoms with van der Waals surface area (Å²) in [7, 11) is 2.16. The van der Waals surface area contributed by atoms with E-state index in [1.807, 2.05) is 30.3 Å². The zero-order valence-electron chi connectivity index (χ0n) is 14.7. The smallest absolute Gasteiger partial charge is 0.303 e. The summed E-state index contributed by atoms with van der Waals surface area (Å²) in [4.78, 5) is 20.3. The van der Waals surface area contributed by atoms with Crippen molar-refractivity contribution in [3.8, 4) is 11.3 Å². The van der Waals surface area contributed by atoms with Gasteiger partial charge in [-0.1, -0.05) is 24.3 Å². The van der Waals surface area contributed by atoms with Gasteiger partial charge in [0.1, 0.15) is 5.82 Å². The average Bonchev–Trinajstić information content (AvgIpc) is 2.85. The van der Waals surface area contributed by atoms with Crippen LogP contribution in [0.1, 0.15) is 18.4 Å². The first-order valence-electron chi connectivity index (χ1n) is 8.83. The minimum absolute atomic E-state index is 0.151. The van der Waals surface area contributed by atoms with Crippen LogP contribution in [0.5, 0.6) is 0 Å². The van der Waals surface area contributed by atoms with E-state index in [1.165, 1.54) is 0 Å². The van der Waals surface area contributed by atoms with E-state index < -0.39 is 5.97 Å². The number of aryl methyl sites for hydroxylation is 1. The van der Waals surface area contributed by atoms with E-state index in [2.05, 4.69) is 29.0 Å². The zero-order chi connectivity index (χ0) is 17.6.